The van der Waals surface area contributed by atoms with Crippen molar-refractivity contribution in [2.75, 3.05) is 6.54 Å². The Balaban J connectivity index is 4.39. The van der Waals surface area contributed by atoms with Crippen molar-refractivity contribution in [3.8, 4) is 0 Å². The van der Waals surface area contributed by atoms with Crippen LogP contribution in [0.25, 0.3) is 0 Å². The lowest BCUT2D eigenvalue weighted by atomic mass is 10.1. The fourth-order valence-electron chi connectivity index (χ4n) is 1.97. The molecule has 22 heavy (non-hydrogen) atoms. The van der Waals surface area contributed by atoms with Crippen LogP contribution in [-0.2, 0) is 19.2 Å². The first-order chi connectivity index (χ1) is 10.4. The van der Waals surface area contributed by atoms with E-state index < -0.39 is 23.6 Å². The van der Waals surface area contributed by atoms with E-state index >= 15 is 0 Å². The molecule has 0 spiro atoms. The molecule has 0 saturated carbocycles. The Bertz CT molecular complexity index is 396. The lowest BCUT2D eigenvalue weighted by Crippen LogP contribution is -2.49. The SMILES string of the molecule is CCCCCCCC(=O)N[C@H](CC(N)=O)C(=O)C(=O)NCC. The molecule has 0 aromatic carbocycles. The second-order valence-electron chi connectivity index (χ2n) is 5.18. The van der Waals surface area contributed by atoms with Gasteiger partial charge in [-0.1, -0.05) is 32.6 Å². The van der Waals surface area contributed by atoms with Crippen molar-refractivity contribution in [1.29, 1.82) is 0 Å². The molecule has 0 radical (unpaired) electrons. The summed E-state index contributed by atoms with van der Waals surface area (Å²) in [6.45, 7) is 4.07. The van der Waals surface area contributed by atoms with Crippen molar-refractivity contribution >= 4 is 23.5 Å². The Kier molecular flexibility index (Phi) is 10.7. The predicted molar refractivity (Wildman–Crippen MR) is 82.8 cm³/mol. The number of ketones is 1. The molecular formula is C15H27N3O4. The van der Waals surface area contributed by atoms with Crippen molar-refractivity contribution in [3.05, 3.63) is 0 Å². The maximum Gasteiger partial charge on any atom is 0.289 e. The Hall–Kier alpha value is -1.92. The molecule has 0 saturated heterocycles. The zero-order chi connectivity index (χ0) is 17.0. The summed E-state index contributed by atoms with van der Waals surface area (Å²) in [6, 6.07) is -1.19. The van der Waals surface area contributed by atoms with Crippen LogP contribution in [-0.4, -0.2) is 36.1 Å². The number of rotatable bonds is 12. The normalized spacial score (nSPS) is 11.5. The second kappa shape index (κ2) is 11.7. The van der Waals surface area contributed by atoms with E-state index in [1.165, 1.54) is 0 Å². The first kappa shape index (κ1) is 20.1. The number of nitrogens with one attached hydrogen (secondary N) is 2. The van der Waals surface area contributed by atoms with Gasteiger partial charge in [0.25, 0.3) is 5.91 Å². The second-order valence-corrected chi connectivity index (χ2v) is 5.18. The molecule has 4 N–H and O–H groups in total. The molecule has 0 aromatic rings. The Morgan fingerprint density at radius 3 is 2.18 bits per heavy atom. The molecule has 0 aliphatic rings. The summed E-state index contributed by atoms with van der Waals surface area (Å²) in [6.07, 6.45) is 4.84. The molecule has 7 nitrogen and oxygen atoms in total. The standard InChI is InChI=1S/C15H27N3O4/c1-3-5-6-7-8-9-13(20)18-11(10-12(16)19)14(21)15(22)17-4-2/h11H,3-10H2,1-2H3,(H2,16,19)(H,17,22)(H,18,20)/t11-/m1/s1. The quantitative estimate of drug-likeness (QED) is 0.357. The zero-order valence-electron chi connectivity index (χ0n) is 13.4. The Labute approximate surface area is 131 Å². The average molecular weight is 313 g/mol. The monoisotopic (exact) mass is 313 g/mol. The summed E-state index contributed by atoms with van der Waals surface area (Å²) >= 11 is 0. The number of likely N-dealkylation sites (N-methyl/N-ethyl adjacent to an activating group) is 1. The number of unbranched alkanes of at least 4 members (excludes halogenated alkanes) is 4. The summed E-state index contributed by atoms with van der Waals surface area (Å²) in [5.74, 6) is -2.76. The number of nitrogens with two attached hydrogens (primary N) is 1. The van der Waals surface area contributed by atoms with Gasteiger partial charge in [0.15, 0.2) is 0 Å². The molecule has 0 unspecified atom stereocenters. The third kappa shape index (κ3) is 9.10. The number of amides is 3. The van der Waals surface area contributed by atoms with Gasteiger partial charge in [-0.25, -0.2) is 0 Å². The summed E-state index contributed by atoms with van der Waals surface area (Å²) in [4.78, 5) is 46.2. The molecule has 126 valence electrons. The maximum absolute atomic E-state index is 11.9. The molecule has 1 atom stereocenters. The summed E-state index contributed by atoms with van der Waals surface area (Å²) in [5.41, 5.74) is 5.06. The number of carbonyl (C=O) groups excluding carboxylic acids is 4. The highest BCUT2D eigenvalue weighted by Gasteiger charge is 2.27. The van der Waals surface area contributed by atoms with E-state index in [0.29, 0.717) is 13.0 Å². The Morgan fingerprint density at radius 2 is 1.64 bits per heavy atom. The fraction of sp³-hybridized carbons (Fsp3) is 0.733. The van der Waals surface area contributed by atoms with Crippen LogP contribution in [0, 0.1) is 0 Å². The Morgan fingerprint density at radius 1 is 1.00 bits per heavy atom. The third-order valence-corrected chi connectivity index (χ3v) is 3.13. The highest BCUT2D eigenvalue weighted by Crippen LogP contribution is 2.05. The molecule has 0 aromatic heterocycles. The summed E-state index contributed by atoms with van der Waals surface area (Å²) in [5, 5.41) is 4.77. The topological polar surface area (TPSA) is 118 Å². The minimum absolute atomic E-state index is 0.266. The summed E-state index contributed by atoms with van der Waals surface area (Å²) in [7, 11) is 0. The molecule has 0 bridgehead atoms. The van der Waals surface area contributed by atoms with E-state index in [2.05, 4.69) is 17.6 Å². The molecule has 3 amide bonds. The molecule has 0 heterocycles. The molecule has 0 fully saturated rings. The lowest BCUT2D eigenvalue weighted by molar-refractivity contribution is -0.140. The highest BCUT2D eigenvalue weighted by molar-refractivity contribution is 6.38. The molecule has 7 heteroatoms. The van der Waals surface area contributed by atoms with Crippen molar-refractivity contribution in [2.24, 2.45) is 5.73 Å². The van der Waals surface area contributed by atoms with Crippen LogP contribution in [0.3, 0.4) is 0 Å². The van der Waals surface area contributed by atoms with Gasteiger partial charge in [0.2, 0.25) is 17.6 Å². The van der Waals surface area contributed by atoms with E-state index in [1.807, 2.05) is 0 Å². The largest absolute Gasteiger partial charge is 0.370 e. The van der Waals surface area contributed by atoms with Crippen LogP contribution in [0.4, 0.5) is 0 Å². The van der Waals surface area contributed by atoms with Gasteiger partial charge in [-0.15, -0.1) is 0 Å². The van der Waals surface area contributed by atoms with E-state index in [9.17, 15) is 19.2 Å². The van der Waals surface area contributed by atoms with Gasteiger partial charge in [0.05, 0.1) is 6.42 Å². The van der Waals surface area contributed by atoms with E-state index in [-0.39, 0.29) is 18.7 Å². The van der Waals surface area contributed by atoms with Gasteiger partial charge in [-0.2, -0.15) is 0 Å². The van der Waals surface area contributed by atoms with Crippen molar-refractivity contribution in [2.45, 2.75) is 64.8 Å². The number of Topliss-reactive ketones (excluding diaryl/α,β-unsaturated/α-hetero) is 1. The predicted octanol–water partition coefficient (Wildman–Crippen LogP) is 0.412. The van der Waals surface area contributed by atoms with Crippen molar-refractivity contribution in [1.82, 2.24) is 10.6 Å². The van der Waals surface area contributed by atoms with Crippen LogP contribution >= 0.6 is 0 Å². The molecule has 0 aliphatic heterocycles. The maximum atomic E-state index is 11.9. The number of primary amides is 1. The first-order valence-electron chi connectivity index (χ1n) is 7.82. The van der Waals surface area contributed by atoms with Gasteiger partial charge in [0, 0.05) is 13.0 Å². The van der Waals surface area contributed by atoms with E-state index in [4.69, 9.17) is 5.73 Å². The van der Waals surface area contributed by atoms with Gasteiger partial charge < -0.3 is 16.4 Å². The fourth-order valence-corrected chi connectivity index (χ4v) is 1.97. The lowest BCUT2D eigenvalue weighted by Gasteiger charge is -2.15. The number of hydrogen-bond acceptors (Lipinski definition) is 4. The van der Waals surface area contributed by atoms with Crippen LogP contribution < -0.4 is 16.4 Å². The average Bonchev–Trinajstić information content (AvgIpc) is 2.45. The molecular weight excluding hydrogens is 286 g/mol. The number of hydrogen-bond donors (Lipinski definition) is 3. The zero-order valence-corrected chi connectivity index (χ0v) is 13.4. The minimum Gasteiger partial charge on any atom is -0.370 e. The van der Waals surface area contributed by atoms with Gasteiger partial charge in [-0.3, -0.25) is 19.2 Å². The van der Waals surface area contributed by atoms with E-state index in [0.717, 1.165) is 25.7 Å². The van der Waals surface area contributed by atoms with Crippen LogP contribution in [0.1, 0.15) is 58.8 Å². The van der Waals surface area contributed by atoms with E-state index in [1.54, 1.807) is 6.92 Å². The summed E-state index contributed by atoms with van der Waals surface area (Å²) < 4.78 is 0. The number of carbonyl (C=O) groups is 4. The molecule has 0 rings (SSSR count). The third-order valence-electron chi connectivity index (χ3n) is 3.13. The van der Waals surface area contributed by atoms with Crippen LogP contribution in [0.2, 0.25) is 0 Å². The van der Waals surface area contributed by atoms with Crippen molar-refractivity contribution < 1.29 is 19.2 Å². The first-order valence-corrected chi connectivity index (χ1v) is 7.82. The van der Waals surface area contributed by atoms with Crippen LogP contribution in [0.5, 0.6) is 0 Å². The minimum atomic E-state index is -1.19. The molecule has 0 aliphatic carbocycles. The van der Waals surface area contributed by atoms with Crippen LogP contribution in [0.15, 0.2) is 0 Å². The van der Waals surface area contributed by atoms with Gasteiger partial charge >= 0.3 is 0 Å². The van der Waals surface area contributed by atoms with Gasteiger partial charge in [-0.05, 0) is 13.3 Å². The van der Waals surface area contributed by atoms with Gasteiger partial charge in [0.1, 0.15) is 6.04 Å². The highest BCUT2D eigenvalue weighted by atomic mass is 16.2. The smallest absolute Gasteiger partial charge is 0.289 e. The van der Waals surface area contributed by atoms with Crippen molar-refractivity contribution in [3.63, 3.8) is 0 Å².